The van der Waals surface area contributed by atoms with Crippen LogP contribution in [-0.2, 0) is 48.4 Å². The minimum atomic E-state index is -2.53. The zero-order valence-corrected chi connectivity index (χ0v) is 22.0. The van der Waals surface area contributed by atoms with Gasteiger partial charge in [-0.1, -0.05) is 91.0 Å². The van der Waals surface area contributed by atoms with E-state index in [2.05, 4.69) is 0 Å². The molecule has 206 valence electrons. The smallest absolute Gasteiger partial charge is 0.256 e. The SMILES string of the molecule is CC(=O)C1(O)O[C@H](C(=O)C(C)O)[C@@H](OCc2ccccc2)[C@H](OCc2ccccc2)[C@H]1OCc1ccccc1. The molecule has 1 saturated heterocycles. The van der Waals surface area contributed by atoms with Gasteiger partial charge in [0.1, 0.15) is 24.4 Å². The highest BCUT2D eigenvalue weighted by atomic mass is 16.7. The first-order chi connectivity index (χ1) is 18.8. The molecule has 1 heterocycles. The van der Waals surface area contributed by atoms with Crippen molar-refractivity contribution in [1.82, 2.24) is 0 Å². The minimum Gasteiger partial charge on any atom is -0.386 e. The third-order valence-corrected chi connectivity index (χ3v) is 6.65. The van der Waals surface area contributed by atoms with Crippen molar-refractivity contribution in [2.24, 2.45) is 0 Å². The van der Waals surface area contributed by atoms with Gasteiger partial charge in [0.15, 0.2) is 17.7 Å². The summed E-state index contributed by atoms with van der Waals surface area (Å²) >= 11 is 0. The summed E-state index contributed by atoms with van der Waals surface area (Å²) in [7, 11) is 0. The number of carbonyl (C=O) groups excluding carboxylic acids is 2. The maximum Gasteiger partial charge on any atom is 0.256 e. The third-order valence-electron chi connectivity index (χ3n) is 6.65. The highest BCUT2D eigenvalue weighted by Crippen LogP contribution is 2.36. The summed E-state index contributed by atoms with van der Waals surface area (Å²) in [6.45, 7) is 2.67. The van der Waals surface area contributed by atoms with Crippen molar-refractivity contribution in [3.63, 3.8) is 0 Å². The third kappa shape index (κ3) is 7.05. The lowest BCUT2D eigenvalue weighted by atomic mass is 9.87. The van der Waals surface area contributed by atoms with Crippen LogP contribution in [0.3, 0.4) is 0 Å². The van der Waals surface area contributed by atoms with Gasteiger partial charge in [0.2, 0.25) is 0 Å². The van der Waals surface area contributed by atoms with E-state index in [1.165, 1.54) is 6.92 Å². The molecule has 1 aliphatic heterocycles. The van der Waals surface area contributed by atoms with E-state index < -0.39 is 47.9 Å². The van der Waals surface area contributed by atoms with Crippen LogP contribution in [0.2, 0.25) is 0 Å². The zero-order chi connectivity index (χ0) is 27.8. The van der Waals surface area contributed by atoms with Gasteiger partial charge in [-0.2, -0.15) is 0 Å². The lowest BCUT2D eigenvalue weighted by Gasteiger charge is -2.48. The molecule has 39 heavy (non-hydrogen) atoms. The molecule has 6 atom stereocenters. The summed E-state index contributed by atoms with van der Waals surface area (Å²) in [6.07, 6.45) is -6.52. The van der Waals surface area contributed by atoms with Crippen molar-refractivity contribution in [2.45, 2.75) is 70.0 Å². The van der Waals surface area contributed by atoms with Crippen LogP contribution in [-0.4, -0.2) is 58.1 Å². The maximum absolute atomic E-state index is 13.2. The fourth-order valence-corrected chi connectivity index (χ4v) is 4.50. The molecule has 0 aliphatic carbocycles. The van der Waals surface area contributed by atoms with Gasteiger partial charge in [-0.25, -0.2) is 0 Å². The number of aliphatic hydroxyl groups excluding tert-OH is 1. The minimum absolute atomic E-state index is 0.0378. The summed E-state index contributed by atoms with van der Waals surface area (Å²) in [5, 5.41) is 21.8. The average Bonchev–Trinajstić information content (AvgIpc) is 2.95. The highest BCUT2D eigenvalue weighted by Gasteiger charge is 2.60. The Morgan fingerprint density at radius 2 is 1.18 bits per heavy atom. The van der Waals surface area contributed by atoms with Gasteiger partial charge in [-0.3, -0.25) is 9.59 Å². The molecule has 0 radical (unpaired) electrons. The second kappa shape index (κ2) is 13.2. The molecule has 0 aromatic heterocycles. The topological polar surface area (TPSA) is 112 Å². The number of benzene rings is 3. The Hall–Kier alpha value is -3.24. The van der Waals surface area contributed by atoms with Crippen LogP contribution < -0.4 is 0 Å². The second-order valence-electron chi connectivity index (χ2n) is 9.61. The van der Waals surface area contributed by atoms with Gasteiger partial charge < -0.3 is 29.2 Å². The molecular formula is C31H34O8. The van der Waals surface area contributed by atoms with Gasteiger partial charge in [0, 0.05) is 6.92 Å². The number of aliphatic hydroxyl groups is 2. The van der Waals surface area contributed by atoms with Crippen molar-refractivity contribution >= 4 is 11.6 Å². The normalized spacial score (nSPS) is 25.6. The summed E-state index contributed by atoms with van der Waals surface area (Å²) in [6, 6.07) is 27.9. The van der Waals surface area contributed by atoms with Crippen molar-refractivity contribution in [1.29, 1.82) is 0 Å². The van der Waals surface area contributed by atoms with Gasteiger partial charge in [-0.05, 0) is 23.6 Å². The summed E-state index contributed by atoms with van der Waals surface area (Å²) < 4.78 is 24.5. The maximum atomic E-state index is 13.2. The Kier molecular flexibility index (Phi) is 9.74. The van der Waals surface area contributed by atoms with Gasteiger partial charge in [0.25, 0.3) is 5.79 Å². The predicted molar refractivity (Wildman–Crippen MR) is 142 cm³/mol. The molecule has 1 aliphatic rings. The number of Topliss-reactive ketones (excluding diaryl/α,β-unsaturated/α-hetero) is 2. The molecule has 0 bridgehead atoms. The number of carbonyl (C=O) groups is 2. The van der Waals surface area contributed by atoms with E-state index in [1.54, 1.807) is 0 Å². The van der Waals surface area contributed by atoms with Crippen LogP contribution in [0.25, 0.3) is 0 Å². The first-order valence-corrected chi connectivity index (χ1v) is 12.9. The lowest BCUT2D eigenvalue weighted by molar-refractivity contribution is -0.342. The van der Waals surface area contributed by atoms with Crippen molar-refractivity contribution < 1.29 is 38.7 Å². The molecule has 3 aromatic rings. The largest absolute Gasteiger partial charge is 0.386 e. The standard InChI is InChI=1S/C31H34O8/c1-21(32)26(34)27-28(36-18-23-12-6-3-7-13-23)29(37-19-24-14-8-4-9-15-24)30(31(35,39-27)22(2)33)38-20-25-16-10-5-11-17-25/h3-17,21,27-30,32,35H,18-20H2,1-2H3/t21?,27-,28-,29+,30-,31?/m1/s1. The Morgan fingerprint density at radius 3 is 1.59 bits per heavy atom. The quantitative estimate of drug-likeness (QED) is 0.364. The zero-order valence-electron chi connectivity index (χ0n) is 22.0. The second-order valence-corrected chi connectivity index (χ2v) is 9.61. The Labute approximate surface area is 228 Å². The Bertz CT molecular complexity index is 1200. The van der Waals surface area contributed by atoms with Crippen LogP contribution in [0.15, 0.2) is 91.0 Å². The number of hydrogen-bond donors (Lipinski definition) is 2. The van der Waals surface area contributed by atoms with Crippen LogP contribution in [0.4, 0.5) is 0 Å². The fraction of sp³-hybridized carbons (Fsp3) is 0.355. The lowest BCUT2D eigenvalue weighted by Crippen LogP contribution is -2.70. The van der Waals surface area contributed by atoms with E-state index in [1.807, 2.05) is 91.0 Å². The van der Waals surface area contributed by atoms with E-state index >= 15 is 0 Å². The summed E-state index contributed by atoms with van der Waals surface area (Å²) in [5.41, 5.74) is 2.46. The molecule has 0 amide bonds. The Balaban J connectivity index is 1.72. The molecule has 0 spiro atoms. The molecule has 8 heteroatoms. The van der Waals surface area contributed by atoms with E-state index in [0.29, 0.717) is 0 Å². The van der Waals surface area contributed by atoms with Gasteiger partial charge in [-0.15, -0.1) is 0 Å². The summed E-state index contributed by atoms with van der Waals surface area (Å²) in [4.78, 5) is 26.0. The molecule has 4 rings (SSSR count). The molecule has 2 unspecified atom stereocenters. The predicted octanol–water partition coefficient (Wildman–Crippen LogP) is 3.37. The summed E-state index contributed by atoms with van der Waals surface area (Å²) in [5.74, 6) is -4.04. The van der Waals surface area contributed by atoms with E-state index in [4.69, 9.17) is 18.9 Å². The number of rotatable bonds is 12. The number of ketones is 2. The Morgan fingerprint density at radius 1 is 0.769 bits per heavy atom. The van der Waals surface area contributed by atoms with Crippen LogP contribution >= 0.6 is 0 Å². The average molecular weight is 535 g/mol. The van der Waals surface area contributed by atoms with E-state index in [0.717, 1.165) is 23.6 Å². The first-order valence-electron chi connectivity index (χ1n) is 12.9. The van der Waals surface area contributed by atoms with Crippen LogP contribution in [0, 0.1) is 0 Å². The molecule has 0 saturated carbocycles. The van der Waals surface area contributed by atoms with Gasteiger partial charge >= 0.3 is 0 Å². The molecule has 3 aromatic carbocycles. The first kappa shape index (κ1) is 28.8. The van der Waals surface area contributed by atoms with Crippen LogP contribution in [0.5, 0.6) is 0 Å². The molecular weight excluding hydrogens is 500 g/mol. The highest BCUT2D eigenvalue weighted by molar-refractivity contribution is 5.89. The van der Waals surface area contributed by atoms with E-state index in [9.17, 15) is 19.8 Å². The van der Waals surface area contributed by atoms with Crippen LogP contribution in [0.1, 0.15) is 30.5 Å². The van der Waals surface area contributed by atoms with Crippen molar-refractivity contribution in [2.75, 3.05) is 0 Å². The monoisotopic (exact) mass is 534 g/mol. The number of hydrogen-bond acceptors (Lipinski definition) is 8. The van der Waals surface area contributed by atoms with Crippen molar-refractivity contribution in [3.05, 3.63) is 108 Å². The molecule has 8 nitrogen and oxygen atoms in total. The van der Waals surface area contributed by atoms with Gasteiger partial charge in [0.05, 0.1) is 19.8 Å². The van der Waals surface area contributed by atoms with Crippen molar-refractivity contribution in [3.8, 4) is 0 Å². The number of ether oxygens (including phenoxy) is 4. The molecule has 1 fully saturated rings. The molecule has 2 N–H and O–H groups in total. The van der Waals surface area contributed by atoms with E-state index in [-0.39, 0.29) is 19.8 Å². The fourth-order valence-electron chi connectivity index (χ4n) is 4.50.